The van der Waals surface area contributed by atoms with Gasteiger partial charge in [0.25, 0.3) is 0 Å². The number of rotatable bonds is 4. The van der Waals surface area contributed by atoms with Gasteiger partial charge >= 0.3 is 0 Å². The first-order chi connectivity index (χ1) is 10.2. The van der Waals surface area contributed by atoms with Crippen molar-refractivity contribution in [3.8, 4) is 0 Å². The Kier molecular flexibility index (Phi) is 4.36. The lowest BCUT2D eigenvalue weighted by molar-refractivity contribution is 0.443. The van der Waals surface area contributed by atoms with Crippen LogP contribution in [0.5, 0.6) is 0 Å². The molecule has 0 radical (unpaired) electrons. The summed E-state index contributed by atoms with van der Waals surface area (Å²) in [5, 5.41) is 3.51. The largest absolute Gasteiger partial charge is 0.310 e. The number of hydrogen-bond acceptors (Lipinski definition) is 2. The van der Waals surface area contributed by atoms with Crippen LogP contribution in [-0.4, -0.2) is 11.5 Å². The number of benzene rings is 1. The van der Waals surface area contributed by atoms with Gasteiger partial charge in [-0.05, 0) is 54.8 Å². The number of aromatic nitrogens is 1. The molecule has 0 saturated heterocycles. The Morgan fingerprint density at radius 1 is 1.43 bits per heavy atom. The predicted molar refractivity (Wildman–Crippen MR) is 85.8 cm³/mol. The van der Waals surface area contributed by atoms with Crippen molar-refractivity contribution in [1.29, 1.82) is 0 Å². The van der Waals surface area contributed by atoms with Gasteiger partial charge in [-0.3, -0.25) is 4.98 Å². The quantitative estimate of drug-likeness (QED) is 0.887. The van der Waals surface area contributed by atoms with Crippen LogP contribution in [0.2, 0.25) is 0 Å². The molecule has 1 aromatic heterocycles. The van der Waals surface area contributed by atoms with E-state index in [1.54, 1.807) is 12.1 Å². The summed E-state index contributed by atoms with van der Waals surface area (Å²) in [6, 6.07) is 9.10. The van der Waals surface area contributed by atoms with Crippen LogP contribution in [0.4, 0.5) is 4.39 Å². The van der Waals surface area contributed by atoms with Crippen molar-refractivity contribution in [3.63, 3.8) is 0 Å². The van der Waals surface area contributed by atoms with Crippen molar-refractivity contribution in [2.75, 3.05) is 6.54 Å². The Hall–Kier alpha value is -1.26. The van der Waals surface area contributed by atoms with E-state index in [1.807, 2.05) is 12.3 Å². The molecular weight excluding hydrogens is 331 g/mol. The summed E-state index contributed by atoms with van der Waals surface area (Å²) in [7, 11) is 0. The minimum absolute atomic E-state index is 0.0798. The summed E-state index contributed by atoms with van der Waals surface area (Å²) in [6.45, 7) is 2.92. The molecule has 2 atom stereocenters. The highest BCUT2D eigenvalue weighted by Gasteiger charge is 2.32. The first-order valence-electron chi connectivity index (χ1n) is 7.32. The van der Waals surface area contributed by atoms with Gasteiger partial charge in [0.2, 0.25) is 0 Å². The van der Waals surface area contributed by atoms with Crippen LogP contribution in [0.3, 0.4) is 0 Å². The molecule has 1 heterocycles. The van der Waals surface area contributed by atoms with Gasteiger partial charge in [-0.1, -0.05) is 28.9 Å². The smallest absolute Gasteiger partial charge is 0.123 e. The molecular formula is C17H18BrFN2. The van der Waals surface area contributed by atoms with Gasteiger partial charge in [0.05, 0.1) is 0 Å². The molecule has 0 bridgehead atoms. The second-order valence-electron chi connectivity index (χ2n) is 5.39. The minimum atomic E-state index is -0.199. The molecule has 1 aliphatic rings. The van der Waals surface area contributed by atoms with E-state index in [-0.39, 0.29) is 11.9 Å². The zero-order valence-corrected chi connectivity index (χ0v) is 13.5. The zero-order chi connectivity index (χ0) is 14.8. The van der Waals surface area contributed by atoms with Gasteiger partial charge in [-0.2, -0.15) is 0 Å². The van der Waals surface area contributed by atoms with Gasteiger partial charge in [-0.15, -0.1) is 0 Å². The third-order valence-electron chi connectivity index (χ3n) is 4.12. The van der Waals surface area contributed by atoms with E-state index in [4.69, 9.17) is 0 Å². The van der Waals surface area contributed by atoms with E-state index in [1.165, 1.54) is 11.6 Å². The van der Waals surface area contributed by atoms with Gasteiger partial charge in [0, 0.05) is 28.3 Å². The summed E-state index contributed by atoms with van der Waals surface area (Å²) in [4.78, 5) is 4.57. The monoisotopic (exact) mass is 348 g/mol. The number of hydrogen-bond donors (Lipinski definition) is 1. The maximum Gasteiger partial charge on any atom is 0.123 e. The Morgan fingerprint density at radius 3 is 3.10 bits per heavy atom. The SMILES string of the molecule is CCNC(c1cc(F)ccc1Br)C1CCc2cccnc21. The van der Waals surface area contributed by atoms with E-state index in [0.29, 0.717) is 5.92 Å². The van der Waals surface area contributed by atoms with E-state index in [9.17, 15) is 4.39 Å². The Morgan fingerprint density at radius 2 is 2.29 bits per heavy atom. The van der Waals surface area contributed by atoms with Crippen LogP contribution >= 0.6 is 15.9 Å². The first kappa shape index (κ1) is 14.7. The van der Waals surface area contributed by atoms with Crippen LogP contribution in [-0.2, 0) is 6.42 Å². The van der Waals surface area contributed by atoms with Crippen LogP contribution in [0.25, 0.3) is 0 Å². The van der Waals surface area contributed by atoms with E-state index < -0.39 is 0 Å². The number of nitrogens with zero attached hydrogens (tertiary/aromatic N) is 1. The van der Waals surface area contributed by atoms with Crippen molar-refractivity contribution in [1.82, 2.24) is 10.3 Å². The highest BCUT2D eigenvalue weighted by atomic mass is 79.9. The number of likely N-dealkylation sites (N-methyl/N-ethyl adjacent to an activating group) is 1. The molecule has 1 N–H and O–H groups in total. The number of pyridine rings is 1. The lowest BCUT2D eigenvalue weighted by Gasteiger charge is -2.26. The maximum atomic E-state index is 13.7. The van der Waals surface area contributed by atoms with Crippen LogP contribution in [0.15, 0.2) is 41.0 Å². The molecule has 2 aromatic rings. The Bertz CT molecular complexity index is 644. The van der Waals surface area contributed by atoms with Crippen molar-refractivity contribution in [2.24, 2.45) is 0 Å². The van der Waals surface area contributed by atoms with Crippen LogP contribution in [0.1, 0.15) is 42.1 Å². The fraction of sp³-hybridized carbons (Fsp3) is 0.353. The Balaban J connectivity index is 2.01. The number of nitrogens with one attached hydrogen (secondary N) is 1. The van der Waals surface area contributed by atoms with Crippen molar-refractivity contribution in [3.05, 3.63) is 63.6 Å². The average Bonchev–Trinajstić information content (AvgIpc) is 2.91. The highest BCUT2D eigenvalue weighted by Crippen LogP contribution is 2.42. The summed E-state index contributed by atoms with van der Waals surface area (Å²) in [5.74, 6) is 0.0922. The molecule has 0 fully saturated rings. The fourth-order valence-electron chi connectivity index (χ4n) is 3.21. The van der Waals surface area contributed by atoms with Gasteiger partial charge < -0.3 is 5.32 Å². The van der Waals surface area contributed by atoms with Crippen molar-refractivity contribution in [2.45, 2.75) is 31.7 Å². The van der Waals surface area contributed by atoms with E-state index in [0.717, 1.165) is 35.1 Å². The minimum Gasteiger partial charge on any atom is -0.310 e. The molecule has 2 nitrogen and oxygen atoms in total. The molecule has 0 amide bonds. The lowest BCUT2D eigenvalue weighted by atomic mass is 9.90. The molecule has 2 unspecified atom stereocenters. The van der Waals surface area contributed by atoms with Crippen molar-refractivity contribution < 1.29 is 4.39 Å². The topological polar surface area (TPSA) is 24.9 Å². The molecule has 4 heteroatoms. The lowest BCUT2D eigenvalue weighted by Crippen LogP contribution is -2.27. The molecule has 1 aliphatic carbocycles. The molecule has 3 rings (SSSR count). The van der Waals surface area contributed by atoms with Crippen LogP contribution in [0, 0.1) is 5.82 Å². The van der Waals surface area contributed by atoms with E-state index >= 15 is 0 Å². The second kappa shape index (κ2) is 6.24. The molecule has 0 aliphatic heterocycles. The van der Waals surface area contributed by atoms with Gasteiger partial charge in [-0.25, -0.2) is 4.39 Å². The first-order valence-corrected chi connectivity index (χ1v) is 8.12. The number of fused-ring (bicyclic) bond motifs is 1. The molecule has 0 saturated carbocycles. The maximum absolute atomic E-state index is 13.7. The molecule has 1 aromatic carbocycles. The molecule has 110 valence electrons. The Labute approximate surface area is 132 Å². The number of aryl methyl sites for hydroxylation is 1. The normalized spacial score (nSPS) is 18.5. The van der Waals surface area contributed by atoms with Crippen LogP contribution < -0.4 is 5.32 Å². The number of halogens is 2. The second-order valence-corrected chi connectivity index (χ2v) is 6.25. The van der Waals surface area contributed by atoms with Crippen molar-refractivity contribution >= 4 is 15.9 Å². The van der Waals surface area contributed by atoms with E-state index in [2.05, 4.69) is 39.2 Å². The molecule has 21 heavy (non-hydrogen) atoms. The van der Waals surface area contributed by atoms with Gasteiger partial charge in [0.15, 0.2) is 0 Å². The third kappa shape index (κ3) is 2.87. The summed E-state index contributed by atoms with van der Waals surface area (Å²) >= 11 is 3.56. The molecule has 0 spiro atoms. The summed E-state index contributed by atoms with van der Waals surface area (Å²) in [5.41, 5.74) is 3.44. The highest BCUT2D eigenvalue weighted by molar-refractivity contribution is 9.10. The summed E-state index contributed by atoms with van der Waals surface area (Å²) in [6.07, 6.45) is 3.94. The third-order valence-corrected chi connectivity index (χ3v) is 4.84. The predicted octanol–water partition coefficient (Wildman–Crippen LogP) is 4.36. The summed E-state index contributed by atoms with van der Waals surface area (Å²) < 4.78 is 14.6. The standard InChI is InChI=1S/C17H18BrFN2/c1-2-20-17(14-10-12(19)6-8-15(14)18)13-7-5-11-4-3-9-21-16(11)13/h3-4,6,8-10,13,17,20H,2,5,7H2,1H3. The average molecular weight is 349 g/mol. The van der Waals surface area contributed by atoms with Gasteiger partial charge in [0.1, 0.15) is 5.82 Å². The fourth-order valence-corrected chi connectivity index (χ4v) is 3.70. The zero-order valence-electron chi connectivity index (χ0n) is 11.9.